The molecule has 3 aromatic rings. The second-order valence-electron chi connectivity index (χ2n) is 4.79. The zero-order valence-electron chi connectivity index (χ0n) is 11.6. The van der Waals surface area contributed by atoms with Gasteiger partial charge in [-0.1, -0.05) is 63.6 Å². The molecule has 1 N–H and O–H groups in total. The number of hydrogen-bond acceptors (Lipinski definition) is 3. The number of rotatable bonds is 4. The van der Waals surface area contributed by atoms with Crippen molar-refractivity contribution in [3.8, 4) is 11.3 Å². The molecule has 1 aromatic heterocycles. The summed E-state index contributed by atoms with van der Waals surface area (Å²) in [6.45, 7) is 0. The molecule has 22 heavy (non-hydrogen) atoms. The van der Waals surface area contributed by atoms with Gasteiger partial charge < -0.3 is 4.52 Å². The van der Waals surface area contributed by atoms with E-state index in [0.29, 0.717) is 18.0 Å². The lowest BCUT2D eigenvalue weighted by molar-refractivity contribution is -0.115. The van der Waals surface area contributed by atoms with E-state index in [0.717, 1.165) is 15.6 Å². The van der Waals surface area contributed by atoms with E-state index >= 15 is 0 Å². The van der Waals surface area contributed by atoms with Crippen LogP contribution in [0.5, 0.6) is 0 Å². The van der Waals surface area contributed by atoms with Crippen LogP contribution in [0.4, 0.5) is 5.88 Å². The molecule has 0 saturated carbocycles. The maximum Gasteiger partial charge on any atom is 0.231 e. The molecule has 5 heteroatoms. The largest absolute Gasteiger partial charge is 0.338 e. The summed E-state index contributed by atoms with van der Waals surface area (Å²) in [5.41, 5.74) is 2.56. The molecule has 0 aliphatic carbocycles. The fourth-order valence-electron chi connectivity index (χ4n) is 2.05. The first-order chi connectivity index (χ1) is 10.7. The molecule has 4 nitrogen and oxygen atoms in total. The highest BCUT2D eigenvalue weighted by Gasteiger charge is 2.10. The number of carbonyl (C=O) groups is 1. The van der Waals surface area contributed by atoms with E-state index in [1.807, 2.05) is 54.6 Å². The zero-order chi connectivity index (χ0) is 15.4. The lowest BCUT2D eigenvalue weighted by Crippen LogP contribution is -2.13. The predicted octanol–water partition coefficient (Wildman–Crippen LogP) is 4.29. The molecule has 0 bridgehead atoms. The molecule has 0 spiro atoms. The summed E-state index contributed by atoms with van der Waals surface area (Å²) in [6, 6.07) is 19.0. The summed E-state index contributed by atoms with van der Waals surface area (Å²) < 4.78 is 6.16. The summed E-state index contributed by atoms with van der Waals surface area (Å²) in [7, 11) is 0. The van der Waals surface area contributed by atoms with Gasteiger partial charge in [-0.3, -0.25) is 10.1 Å². The van der Waals surface area contributed by atoms with Gasteiger partial charge in [0.15, 0.2) is 0 Å². The zero-order valence-corrected chi connectivity index (χ0v) is 13.2. The summed E-state index contributed by atoms with van der Waals surface area (Å²) in [5.74, 6) is 0.212. The number of aromatic nitrogens is 1. The molecule has 0 fully saturated rings. The molecule has 0 aliphatic rings. The Balaban J connectivity index is 1.66. The summed E-state index contributed by atoms with van der Waals surface area (Å²) >= 11 is 3.39. The maximum atomic E-state index is 12.0. The SMILES string of the molecule is O=C(Cc1ccccc1)Nc1cc(-c2ccc(Br)cc2)no1. The molecule has 0 atom stereocenters. The van der Waals surface area contributed by atoms with Gasteiger partial charge in [0.05, 0.1) is 6.42 Å². The van der Waals surface area contributed by atoms with Crippen LogP contribution in [0.15, 0.2) is 69.7 Å². The molecule has 1 amide bonds. The van der Waals surface area contributed by atoms with Gasteiger partial charge in [0.25, 0.3) is 0 Å². The molecule has 2 aromatic carbocycles. The lowest BCUT2D eigenvalue weighted by atomic mass is 10.1. The minimum Gasteiger partial charge on any atom is -0.338 e. The molecule has 0 saturated heterocycles. The number of halogens is 1. The van der Waals surface area contributed by atoms with Crippen molar-refractivity contribution in [3.05, 3.63) is 70.7 Å². The summed E-state index contributed by atoms with van der Waals surface area (Å²) in [4.78, 5) is 12.0. The number of anilines is 1. The second-order valence-corrected chi connectivity index (χ2v) is 5.71. The van der Waals surface area contributed by atoms with Crippen LogP contribution < -0.4 is 5.32 Å². The van der Waals surface area contributed by atoms with Crippen molar-refractivity contribution < 1.29 is 9.32 Å². The van der Waals surface area contributed by atoms with Gasteiger partial charge in [0, 0.05) is 16.1 Å². The fourth-order valence-corrected chi connectivity index (χ4v) is 2.32. The second kappa shape index (κ2) is 6.58. The van der Waals surface area contributed by atoms with Crippen molar-refractivity contribution in [2.75, 3.05) is 5.32 Å². The smallest absolute Gasteiger partial charge is 0.231 e. The first-order valence-electron chi connectivity index (χ1n) is 6.77. The van der Waals surface area contributed by atoms with E-state index in [1.54, 1.807) is 6.07 Å². The number of amides is 1. The standard InChI is InChI=1S/C17H13BrN2O2/c18-14-8-6-13(7-9-14)15-11-17(22-20-15)19-16(21)10-12-4-2-1-3-5-12/h1-9,11H,10H2,(H,19,21). The molecule has 1 heterocycles. The van der Waals surface area contributed by atoms with Crippen molar-refractivity contribution in [2.45, 2.75) is 6.42 Å². The van der Waals surface area contributed by atoms with Crippen molar-refractivity contribution >= 4 is 27.7 Å². The first-order valence-corrected chi connectivity index (χ1v) is 7.56. The predicted molar refractivity (Wildman–Crippen MR) is 88.4 cm³/mol. The lowest BCUT2D eigenvalue weighted by Gasteiger charge is -2.00. The monoisotopic (exact) mass is 356 g/mol. The number of benzene rings is 2. The van der Waals surface area contributed by atoms with Crippen LogP contribution in [0, 0.1) is 0 Å². The van der Waals surface area contributed by atoms with E-state index in [2.05, 4.69) is 26.4 Å². The van der Waals surface area contributed by atoms with Crippen molar-refractivity contribution in [1.82, 2.24) is 5.16 Å². The third-order valence-electron chi connectivity index (χ3n) is 3.12. The third-order valence-corrected chi connectivity index (χ3v) is 3.65. The van der Waals surface area contributed by atoms with Crippen molar-refractivity contribution in [2.24, 2.45) is 0 Å². The van der Waals surface area contributed by atoms with E-state index in [9.17, 15) is 4.79 Å². The topological polar surface area (TPSA) is 55.1 Å². The van der Waals surface area contributed by atoms with E-state index < -0.39 is 0 Å². The van der Waals surface area contributed by atoms with Crippen LogP contribution in [0.25, 0.3) is 11.3 Å². The number of hydrogen-bond donors (Lipinski definition) is 1. The third kappa shape index (κ3) is 3.62. The van der Waals surface area contributed by atoms with Crippen molar-refractivity contribution in [1.29, 1.82) is 0 Å². The van der Waals surface area contributed by atoms with Crippen LogP contribution >= 0.6 is 15.9 Å². The Morgan fingerprint density at radius 3 is 2.55 bits per heavy atom. The average molecular weight is 357 g/mol. The minimum atomic E-state index is -0.135. The fraction of sp³-hybridized carbons (Fsp3) is 0.0588. The van der Waals surface area contributed by atoms with E-state index in [-0.39, 0.29) is 5.91 Å². The number of nitrogens with one attached hydrogen (secondary N) is 1. The van der Waals surface area contributed by atoms with Gasteiger partial charge in [0.2, 0.25) is 11.8 Å². The van der Waals surface area contributed by atoms with Crippen LogP contribution in [-0.4, -0.2) is 11.1 Å². The Morgan fingerprint density at radius 1 is 1.09 bits per heavy atom. The Hall–Kier alpha value is -2.40. The van der Waals surface area contributed by atoms with E-state index in [4.69, 9.17) is 4.52 Å². The molecule has 0 unspecified atom stereocenters. The van der Waals surface area contributed by atoms with Gasteiger partial charge in [-0.25, -0.2) is 0 Å². The molecule has 3 rings (SSSR count). The Morgan fingerprint density at radius 2 is 1.82 bits per heavy atom. The van der Waals surface area contributed by atoms with Gasteiger partial charge in [0.1, 0.15) is 5.69 Å². The average Bonchev–Trinajstić information content (AvgIpc) is 2.97. The summed E-state index contributed by atoms with van der Waals surface area (Å²) in [5, 5.41) is 6.69. The quantitative estimate of drug-likeness (QED) is 0.758. The molecular formula is C17H13BrN2O2. The Kier molecular flexibility index (Phi) is 4.34. The normalized spacial score (nSPS) is 10.4. The Bertz CT molecular complexity index is 767. The van der Waals surface area contributed by atoms with Gasteiger partial charge in [-0.05, 0) is 17.7 Å². The molecule has 0 aliphatic heterocycles. The molecule has 110 valence electrons. The van der Waals surface area contributed by atoms with Crippen LogP contribution in [0.2, 0.25) is 0 Å². The van der Waals surface area contributed by atoms with Crippen molar-refractivity contribution in [3.63, 3.8) is 0 Å². The highest BCUT2D eigenvalue weighted by atomic mass is 79.9. The highest BCUT2D eigenvalue weighted by molar-refractivity contribution is 9.10. The maximum absolute atomic E-state index is 12.0. The molecular weight excluding hydrogens is 344 g/mol. The van der Waals surface area contributed by atoms with Crippen LogP contribution in [0.3, 0.4) is 0 Å². The first kappa shape index (κ1) is 14.5. The van der Waals surface area contributed by atoms with Crippen LogP contribution in [-0.2, 0) is 11.2 Å². The minimum absolute atomic E-state index is 0.135. The van der Waals surface area contributed by atoms with Gasteiger partial charge in [-0.15, -0.1) is 0 Å². The van der Waals surface area contributed by atoms with E-state index in [1.165, 1.54) is 0 Å². The number of carbonyl (C=O) groups excluding carboxylic acids is 1. The van der Waals surface area contributed by atoms with Crippen LogP contribution in [0.1, 0.15) is 5.56 Å². The highest BCUT2D eigenvalue weighted by Crippen LogP contribution is 2.23. The van der Waals surface area contributed by atoms with Gasteiger partial charge >= 0.3 is 0 Å². The molecule has 0 radical (unpaired) electrons. The summed E-state index contributed by atoms with van der Waals surface area (Å²) in [6.07, 6.45) is 0.301. The number of nitrogens with zero attached hydrogens (tertiary/aromatic N) is 1. The van der Waals surface area contributed by atoms with Gasteiger partial charge in [-0.2, -0.15) is 0 Å². The Labute approximate surface area is 136 Å².